The van der Waals surface area contributed by atoms with Crippen molar-refractivity contribution in [2.75, 3.05) is 12.9 Å². The first-order valence-corrected chi connectivity index (χ1v) is 12.7. The van der Waals surface area contributed by atoms with Gasteiger partial charge in [-0.3, -0.25) is 4.98 Å². The van der Waals surface area contributed by atoms with Crippen LogP contribution in [0.2, 0.25) is 0 Å². The van der Waals surface area contributed by atoms with Crippen LogP contribution in [0, 0.1) is 0 Å². The number of benzene rings is 1. The number of sulfone groups is 1. The van der Waals surface area contributed by atoms with Crippen molar-refractivity contribution in [3.8, 4) is 40.3 Å². The third kappa shape index (κ3) is 4.71. The monoisotopic (exact) mass is 502 g/mol. The van der Waals surface area contributed by atoms with Crippen molar-refractivity contribution >= 4 is 20.7 Å². The van der Waals surface area contributed by atoms with E-state index in [0.29, 0.717) is 28.9 Å². The van der Waals surface area contributed by atoms with Crippen molar-refractivity contribution in [1.29, 1.82) is 0 Å². The number of pyridine rings is 3. The highest BCUT2D eigenvalue weighted by Gasteiger charge is 2.16. The maximum absolute atomic E-state index is 12.1. The van der Waals surface area contributed by atoms with Crippen LogP contribution in [0.15, 0.2) is 84.3 Å². The predicted molar refractivity (Wildman–Crippen MR) is 134 cm³/mol. The molecule has 4 heterocycles. The second kappa shape index (κ2) is 9.67. The van der Waals surface area contributed by atoms with Gasteiger partial charge in [0.05, 0.1) is 36.0 Å². The van der Waals surface area contributed by atoms with Crippen molar-refractivity contribution in [2.24, 2.45) is 0 Å². The lowest BCUT2D eigenvalue weighted by molar-refractivity contribution is 0.364. The number of hydrogen-bond acceptors (Lipinski definition) is 8. The summed E-state index contributed by atoms with van der Waals surface area (Å²) in [6, 6.07) is 17.7. The molecule has 0 atom stereocenters. The fraction of sp³-hybridized carbons (Fsp3) is 0.115. The zero-order valence-corrected chi connectivity index (χ0v) is 20.3. The highest BCUT2D eigenvalue weighted by atomic mass is 32.2. The molecule has 4 aromatic heterocycles. The highest BCUT2D eigenvalue weighted by Crippen LogP contribution is 2.39. The standard InChI is InChI=1S/C26H22N4O5S/c1-3-36(31,32)24-10-9-18(16-29-24)34-19-13-17-14-21(20-7-4-5-11-27-20)30-25(17)23(15-19)35-22-8-6-12-28-26(22)33-2/h4-16,30H,3H2,1-2H3. The summed E-state index contributed by atoms with van der Waals surface area (Å²) in [5.41, 5.74) is 2.32. The molecular formula is C26H22N4O5S. The number of ether oxygens (including phenoxy) is 3. The molecule has 182 valence electrons. The van der Waals surface area contributed by atoms with Crippen LogP contribution in [0.25, 0.3) is 22.3 Å². The Bertz CT molecular complexity index is 1620. The van der Waals surface area contributed by atoms with Crippen molar-refractivity contribution in [3.05, 3.63) is 79.3 Å². The second-order valence-electron chi connectivity index (χ2n) is 7.73. The maximum Gasteiger partial charge on any atom is 0.257 e. The topological polar surface area (TPSA) is 116 Å². The first kappa shape index (κ1) is 23.3. The summed E-state index contributed by atoms with van der Waals surface area (Å²) in [5.74, 6) is 2.08. The van der Waals surface area contributed by atoms with Gasteiger partial charge >= 0.3 is 0 Å². The minimum absolute atomic E-state index is 0.00568. The lowest BCUT2D eigenvalue weighted by Crippen LogP contribution is -2.05. The molecule has 0 saturated carbocycles. The molecule has 0 aliphatic carbocycles. The highest BCUT2D eigenvalue weighted by molar-refractivity contribution is 7.91. The fourth-order valence-electron chi connectivity index (χ4n) is 3.60. The summed E-state index contributed by atoms with van der Waals surface area (Å²) < 4.78 is 41.7. The molecule has 9 nitrogen and oxygen atoms in total. The smallest absolute Gasteiger partial charge is 0.257 e. The Kier molecular flexibility index (Phi) is 6.26. The first-order chi connectivity index (χ1) is 17.5. The van der Waals surface area contributed by atoms with Crippen LogP contribution in [-0.2, 0) is 9.84 Å². The van der Waals surface area contributed by atoms with Crippen LogP contribution in [0.3, 0.4) is 0 Å². The van der Waals surface area contributed by atoms with Crippen molar-refractivity contribution in [1.82, 2.24) is 19.9 Å². The molecule has 0 bridgehead atoms. The van der Waals surface area contributed by atoms with Crippen LogP contribution in [0.1, 0.15) is 6.92 Å². The van der Waals surface area contributed by atoms with E-state index in [1.54, 1.807) is 43.6 Å². The number of fused-ring (bicyclic) bond motifs is 1. The van der Waals surface area contributed by atoms with Crippen LogP contribution in [-0.4, -0.2) is 41.2 Å². The van der Waals surface area contributed by atoms with Gasteiger partial charge in [-0.2, -0.15) is 0 Å². The first-order valence-electron chi connectivity index (χ1n) is 11.1. The average molecular weight is 503 g/mol. The number of aromatic amines is 1. The van der Waals surface area contributed by atoms with Gasteiger partial charge in [0.1, 0.15) is 11.5 Å². The predicted octanol–water partition coefficient (Wildman–Crippen LogP) is 5.41. The van der Waals surface area contributed by atoms with E-state index >= 15 is 0 Å². The summed E-state index contributed by atoms with van der Waals surface area (Å²) in [5, 5.41) is 0.829. The van der Waals surface area contributed by atoms with Gasteiger partial charge in [0.2, 0.25) is 0 Å². The number of hydrogen-bond donors (Lipinski definition) is 1. The molecular weight excluding hydrogens is 480 g/mol. The Morgan fingerprint density at radius 1 is 0.861 bits per heavy atom. The molecule has 0 aliphatic rings. The van der Waals surface area contributed by atoms with Gasteiger partial charge in [-0.15, -0.1) is 0 Å². The van der Waals surface area contributed by atoms with Gasteiger partial charge in [-0.1, -0.05) is 13.0 Å². The molecule has 1 aromatic carbocycles. The number of rotatable bonds is 8. The Labute approximate surface area is 207 Å². The molecule has 0 saturated heterocycles. The average Bonchev–Trinajstić information content (AvgIpc) is 3.34. The normalized spacial score (nSPS) is 11.4. The van der Waals surface area contributed by atoms with Gasteiger partial charge < -0.3 is 19.2 Å². The number of H-pyrrole nitrogens is 1. The van der Waals surface area contributed by atoms with Crippen molar-refractivity contribution in [3.63, 3.8) is 0 Å². The Morgan fingerprint density at radius 2 is 1.72 bits per heavy atom. The van der Waals surface area contributed by atoms with Crippen molar-refractivity contribution in [2.45, 2.75) is 11.9 Å². The number of aromatic nitrogens is 4. The molecule has 10 heteroatoms. The number of methoxy groups -OCH3 is 1. The van der Waals surface area contributed by atoms with Crippen LogP contribution >= 0.6 is 0 Å². The zero-order valence-electron chi connectivity index (χ0n) is 19.5. The SMILES string of the molecule is CCS(=O)(=O)c1ccc(Oc2cc(Oc3cccnc3OC)c3[nH]c(-c4ccccn4)cc3c2)cn1. The maximum atomic E-state index is 12.1. The van der Waals surface area contributed by atoms with E-state index in [9.17, 15) is 8.42 Å². The lowest BCUT2D eigenvalue weighted by Gasteiger charge is -2.12. The Morgan fingerprint density at radius 3 is 2.44 bits per heavy atom. The number of nitrogens with one attached hydrogen (secondary N) is 1. The molecule has 5 aromatic rings. The van der Waals surface area contributed by atoms with Gasteiger partial charge in [0.15, 0.2) is 26.4 Å². The van der Waals surface area contributed by atoms with Gasteiger partial charge in [-0.25, -0.2) is 18.4 Å². The van der Waals surface area contributed by atoms with E-state index < -0.39 is 9.84 Å². The molecule has 1 N–H and O–H groups in total. The van der Waals surface area contributed by atoms with Crippen LogP contribution in [0.4, 0.5) is 0 Å². The minimum Gasteiger partial charge on any atom is -0.478 e. The summed E-state index contributed by atoms with van der Waals surface area (Å²) in [6.45, 7) is 1.57. The zero-order chi connectivity index (χ0) is 25.1. The molecule has 0 fully saturated rings. The van der Waals surface area contributed by atoms with Crippen LogP contribution < -0.4 is 14.2 Å². The van der Waals surface area contributed by atoms with Gasteiger partial charge in [-0.05, 0) is 48.5 Å². The van der Waals surface area contributed by atoms with Crippen molar-refractivity contribution < 1.29 is 22.6 Å². The molecule has 0 aliphatic heterocycles. The van der Waals surface area contributed by atoms with E-state index in [4.69, 9.17) is 14.2 Å². The largest absolute Gasteiger partial charge is 0.478 e. The van der Waals surface area contributed by atoms with Gasteiger partial charge in [0, 0.05) is 23.8 Å². The third-order valence-electron chi connectivity index (χ3n) is 5.40. The molecule has 5 rings (SSSR count). The summed E-state index contributed by atoms with van der Waals surface area (Å²) in [6.07, 6.45) is 4.72. The molecule has 0 spiro atoms. The Hall–Kier alpha value is -4.44. The lowest BCUT2D eigenvalue weighted by atomic mass is 10.2. The molecule has 0 radical (unpaired) electrons. The number of nitrogens with zero attached hydrogens (tertiary/aromatic N) is 3. The van der Waals surface area contributed by atoms with E-state index in [1.165, 1.54) is 19.4 Å². The third-order valence-corrected chi connectivity index (χ3v) is 7.04. The molecule has 36 heavy (non-hydrogen) atoms. The van der Waals surface area contributed by atoms with Crippen LogP contribution in [0.5, 0.6) is 28.9 Å². The van der Waals surface area contributed by atoms with Gasteiger partial charge in [0.25, 0.3) is 5.88 Å². The summed E-state index contributed by atoms with van der Waals surface area (Å²) in [4.78, 5) is 16.0. The summed E-state index contributed by atoms with van der Waals surface area (Å²) in [7, 11) is -1.88. The Balaban J connectivity index is 1.56. The summed E-state index contributed by atoms with van der Waals surface area (Å²) >= 11 is 0. The minimum atomic E-state index is -3.40. The molecule has 0 unspecified atom stereocenters. The van der Waals surface area contributed by atoms with E-state index in [2.05, 4.69) is 19.9 Å². The second-order valence-corrected chi connectivity index (χ2v) is 9.96. The van der Waals surface area contributed by atoms with E-state index in [0.717, 1.165) is 22.3 Å². The molecule has 0 amide bonds. The van der Waals surface area contributed by atoms with E-state index in [1.807, 2.05) is 30.3 Å². The quantitative estimate of drug-likeness (QED) is 0.300. The van der Waals surface area contributed by atoms with E-state index in [-0.39, 0.29) is 10.8 Å². The fourth-order valence-corrected chi connectivity index (χ4v) is 4.39.